The van der Waals surface area contributed by atoms with Gasteiger partial charge in [0.1, 0.15) is 5.75 Å². The smallest absolute Gasteiger partial charge is 0.220 e. The third-order valence-electron chi connectivity index (χ3n) is 2.98. The largest absolute Gasteiger partial charge is 0.494 e. The van der Waals surface area contributed by atoms with Crippen molar-refractivity contribution in [2.45, 2.75) is 31.8 Å². The van der Waals surface area contributed by atoms with Crippen molar-refractivity contribution in [1.29, 1.82) is 0 Å². The third-order valence-corrected chi connectivity index (χ3v) is 2.98. The van der Waals surface area contributed by atoms with Crippen molar-refractivity contribution in [2.24, 2.45) is 5.73 Å². The fourth-order valence-corrected chi connectivity index (χ4v) is 2.11. The van der Waals surface area contributed by atoms with E-state index in [2.05, 4.69) is 5.32 Å². The minimum absolute atomic E-state index is 0.0235. The van der Waals surface area contributed by atoms with Crippen molar-refractivity contribution in [1.82, 2.24) is 5.32 Å². The molecule has 1 aliphatic rings. The highest BCUT2D eigenvalue weighted by molar-refractivity contribution is 5.77. The van der Waals surface area contributed by atoms with Crippen molar-refractivity contribution >= 4 is 5.91 Å². The van der Waals surface area contributed by atoms with E-state index in [1.807, 2.05) is 31.2 Å². The maximum atomic E-state index is 11.4. The number of hydrogen-bond acceptors (Lipinski definition) is 3. The van der Waals surface area contributed by atoms with Gasteiger partial charge in [-0.05, 0) is 31.0 Å². The number of benzene rings is 1. The van der Waals surface area contributed by atoms with Gasteiger partial charge in [-0.15, -0.1) is 0 Å². The second kappa shape index (κ2) is 5.19. The summed E-state index contributed by atoms with van der Waals surface area (Å²) in [5.74, 6) is 0.885. The predicted octanol–water partition coefficient (Wildman–Crippen LogP) is 1.36. The lowest BCUT2D eigenvalue weighted by Gasteiger charge is -2.30. The lowest BCUT2D eigenvalue weighted by molar-refractivity contribution is -0.123. The lowest BCUT2D eigenvalue weighted by atomic mass is 9.92. The topological polar surface area (TPSA) is 64.3 Å². The molecule has 4 nitrogen and oxygen atoms in total. The van der Waals surface area contributed by atoms with E-state index in [9.17, 15) is 4.79 Å². The fourth-order valence-electron chi connectivity index (χ4n) is 2.11. The summed E-state index contributed by atoms with van der Waals surface area (Å²) in [6.07, 6.45) is 1.25. The van der Waals surface area contributed by atoms with Crippen LogP contribution in [0, 0.1) is 0 Å². The standard InChI is InChI=1S/C13H18N2O2/c1-2-17-10-5-3-4-9(8-10)13-11(14)6-7-12(16)15-13/h3-5,8,11,13H,2,6-7,14H2,1H3,(H,15,16). The molecule has 1 heterocycles. The molecule has 0 saturated carbocycles. The van der Waals surface area contributed by atoms with Crippen LogP contribution in [0.5, 0.6) is 5.75 Å². The number of piperidine rings is 1. The second-order valence-electron chi connectivity index (χ2n) is 4.25. The highest BCUT2D eigenvalue weighted by atomic mass is 16.5. The normalized spacial score (nSPS) is 24.2. The molecular formula is C13H18N2O2. The van der Waals surface area contributed by atoms with Gasteiger partial charge in [-0.3, -0.25) is 4.79 Å². The van der Waals surface area contributed by atoms with Gasteiger partial charge in [0.05, 0.1) is 12.6 Å². The Hall–Kier alpha value is -1.55. The molecule has 0 bridgehead atoms. The summed E-state index contributed by atoms with van der Waals surface area (Å²) >= 11 is 0. The van der Waals surface area contributed by atoms with E-state index >= 15 is 0 Å². The molecule has 3 N–H and O–H groups in total. The summed E-state index contributed by atoms with van der Waals surface area (Å²) in [6, 6.07) is 7.62. The van der Waals surface area contributed by atoms with Crippen LogP contribution < -0.4 is 15.8 Å². The highest BCUT2D eigenvalue weighted by Crippen LogP contribution is 2.25. The summed E-state index contributed by atoms with van der Waals surface area (Å²) in [5, 5.41) is 2.93. The molecule has 1 aromatic rings. The lowest BCUT2D eigenvalue weighted by Crippen LogP contribution is -2.45. The van der Waals surface area contributed by atoms with E-state index in [1.165, 1.54) is 0 Å². The Labute approximate surface area is 101 Å². The number of ether oxygens (including phenoxy) is 1. The van der Waals surface area contributed by atoms with Crippen molar-refractivity contribution in [3.05, 3.63) is 29.8 Å². The van der Waals surface area contributed by atoms with Crippen LogP contribution in [-0.2, 0) is 4.79 Å². The van der Waals surface area contributed by atoms with Crippen LogP contribution in [0.4, 0.5) is 0 Å². The number of nitrogens with one attached hydrogen (secondary N) is 1. The van der Waals surface area contributed by atoms with E-state index in [4.69, 9.17) is 10.5 Å². The molecule has 0 aliphatic carbocycles. The first-order valence-electron chi connectivity index (χ1n) is 5.98. The van der Waals surface area contributed by atoms with Crippen LogP contribution in [0.1, 0.15) is 31.4 Å². The van der Waals surface area contributed by atoms with Gasteiger partial charge in [-0.25, -0.2) is 0 Å². The van der Waals surface area contributed by atoms with Gasteiger partial charge in [0.2, 0.25) is 5.91 Å². The number of carbonyl (C=O) groups is 1. The van der Waals surface area contributed by atoms with E-state index < -0.39 is 0 Å². The van der Waals surface area contributed by atoms with E-state index in [0.29, 0.717) is 13.0 Å². The van der Waals surface area contributed by atoms with Crippen molar-refractivity contribution < 1.29 is 9.53 Å². The monoisotopic (exact) mass is 234 g/mol. The zero-order valence-corrected chi connectivity index (χ0v) is 9.98. The van der Waals surface area contributed by atoms with Crippen LogP contribution in [0.2, 0.25) is 0 Å². The Kier molecular flexibility index (Phi) is 3.64. The van der Waals surface area contributed by atoms with Crippen LogP contribution >= 0.6 is 0 Å². The van der Waals surface area contributed by atoms with Gasteiger partial charge in [-0.2, -0.15) is 0 Å². The quantitative estimate of drug-likeness (QED) is 0.830. The van der Waals surface area contributed by atoms with Gasteiger partial charge in [-0.1, -0.05) is 12.1 Å². The minimum atomic E-state index is -0.100. The molecule has 1 saturated heterocycles. The van der Waals surface area contributed by atoms with Gasteiger partial charge in [0.25, 0.3) is 0 Å². The fraction of sp³-hybridized carbons (Fsp3) is 0.462. The molecule has 2 atom stereocenters. The molecule has 1 fully saturated rings. The number of rotatable bonds is 3. The molecule has 2 rings (SSSR count). The van der Waals surface area contributed by atoms with E-state index in [0.717, 1.165) is 17.7 Å². The van der Waals surface area contributed by atoms with Gasteiger partial charge < -0.3 is 15.8 Å². The molecular weight excluding hydrogens is 216 g/mol. The second-order valence-corrected chi connectivity index (χ2v) is 4.25. The number of hydrogen-bond donors (Lipinski definition) is 2. The highest BCUT2D eigenvalue weighted by Gasteiger charge is 2.27. The Bertz CT molecular complexity index is 406. The molecule has 0 spiro atoms. The Morgan fingerprint density at radius 3 is 3.12 bits per heavy atom. The molecule has 17 heavy (non-hydrogen) atoms. The minimum Gasteiger partial charge on any atom is -0.494 e. The first-order valence-corrected chi connectivity index (χ1v) is 5.98. The summed E-state index contributed by atoms with van der Waals surface area (Å²) in [7, 11) is 0. The Balaban J connectivity index is 2.19. The molecule has 1 aliphatic heterocycles. The molecule has 0 aromatic heterocycles. The average Bonchev–Trinajstić information content (AvgIpc) is 2.33. The first-order chi connectivity index (χ1) is 8.20. The van der Waals surface area contributed by atoms with Crippen LogP contribution in [-0.4, -0.2) is 18.6 Å². The van der Waals surface area contributed by atoms with E-state index in [1.54, 1.807) is 0 Å². The summed E-state index contributed by atoms with van der Waals surface area (Å²) in [5.41, 5.74) is 7.05. The summed E-state index contributed by atoms with van der Waals surface area (Å²) < 4.78 is 5.45. The van der Waals surface area contributed by atoms with Crippen molar-refractivity contribution in [2.75, 3.05) is 6.61 Å². The summed E-state index contributed by atoms with van der Waals surface area (Å²) in [6.45, 7) is 2.58. The number of nitrogens with two attached hydrogens (primary N) is 1. The predicted molar refractivity (Wildman–Crippen MR) is 65.7 cm³/mol. The maximum absolute atomic E-state index is 11.4. The SMILES string of the molecule is CCOc1cccc(C2NC(=O)CCC2N)c1. The number of carbonyl (C=O) groups excluding carboxylic acids is 1. The average molecular weight is 234 g/mol. The van der Waals surface area contributed by atoms with Gasteiger partial charge >= 0.3 is 0 Å². The first kappa shape index (κ1) is 11.9. The Morgan fingerprint density at radius 1 is 1.53 bits per heavy atom. The molecule has 4 heteroatoms. The van der Waals surface area contributed by atoms with Crippen LogP contribution in [0.15, 0.2) is 24.3 Å². The zero-order valence-electron chi connectivity index (χ0n) is 9.98. The number of amides is 1. The third kappa shape index (κ3) is 2.77. The van der Waals surface area contributed by atoms with E-state index in [-0.39, 0.29) is 18.0 Å². The van der Waals surface area contributed by atoms with Crippen LogP contribution in [0.3, 0.4) is 0 Å². The Morgan fingerprint density at radius 2 is 2.35 bits per heavy atom. The van der Waals surface area contributed by atoms with Crippen molar-refractivity contribution in [3.8, 4) is 5.75 Å². The molecule has 92 valence electrons. The van der Waals surface area contributed by atoms with Crippen molar-refractivity contribution in [3.63, 3.8) is 0 Å². The summed E-state index contributed by atoms with van der Waals surface area (Å²) in [4.78, 5) is 11.4. The van der Waals surface area contributed by atoms with Gasteiger partial charge in [0, 0.05) is 12.5 Å². The zero-order chi connectivity index (χ0) is 12.3. The molecule has 1 aromatic carbocycles. The van der Waals surface area contributed by atoms with Gasteiger partial charge in [0.15, 0.2) is 0 Å². The van der Waals surface area contributed by atoms with Crippen LogP contribution in [0.25, 0.3) is 0 Å². The molecule has 2 unspecified atom stereocenters. The molecule has 1 amide bonds. The molecule has 0 radical (unpaired) electrons. The maximum Gasteiger partial charge on any atom is 0.220 e.